The molecule has 0 aromatic carbocycles. The smallest absolute Gasteiger partial charge is 0.476 e. The quantitative estimate of drug-likeness (QED) is 0.337. The Balaban J connectivity index is 1.75. The van der Waals surface area contributed by atoms with Crippen LogP contribution in [0.3, 0.4) is 0 Å². The van der Waals surface area contributed by atoms with Crippen molar-refractivity contribution in [3.05, 3.63) is 12.7 Å². The van der Waals surface area contributed by atoms with Crippen LogP contribution in [-0.4, -0.2) is 59.5 Å². The largest absolute Gasteiger partial charge is 0.789 e. The van der Waals surface area contributed by atoms with E-state index in [4.69, 9.17) is 10.5 Å². The van der Waals surface area contributed by atoms with Crippen molar-refractivity contribution < 1.29 is 47.6 Å². The Bertz CT molecular complexity index is 932. The summed E-state index contributed by atoms with van der Waals surface area (Å²) in [6, 6.07) is 0. The van der Waals surface area contributed by atoms with Gasteiger partial charge in [0.25, 0.3) is 0 Å². The van der Waals surface area contributed by atoms with Crippen molar-refractivity contribution in [1.82, 2.24) is 19.5 Å². The highest BCUT2D eigenvalue weighted by molar-refractivity contribution is 7.59. The van der Waals surface area contributed by atoms with Crippen molar-refractivity contribution in [2.45, 2.75) is 24.5 Å². The third-order valence-electron chi connectivity index (χ3n) is 3.60. The van der Waals surface area contributed by atoms with Crippen molar-refractivity contribution >= 4 is 32.6 Å². The van der Waals surface area contributed by atoms with E-state index in [9.17, 15) is 34.0 Å². The molecule has 1 fully saturated rings. The van der Waals surface area contributed by atoms with E-state index in [1.165, 1.54) is 10.9 Å². The lowest BCUT2D eigenvalue weighted by atomic mass is 10.1. The number of hydrogen-bond acceptors (Lipinski definition) is 13. The zero-order chi connectivity index (χ0) is 20.0. The van der Waals surface area contributed by atoms with Gasteiger partial charge in [0, 0.05) is 0 Å². The van der Waals surface area contributed by atoms with Crippen LogP contribution in [0.15, 0.2) is 12.7 Å². The van der Waals surface area contributed by atoms with Crippen LogP contribution in [0.2, 0.25) is 0 Å². The average molecular weight is 425 g/mol. The normalized spacial score (nSPS) is 28.5. The predicted molar refractivity (Wildman–Crippen MR) is 80.1 cm³/mol. The van der Waals surface area contributed by atoms with Crippen molar-refractivity contribution in [1.29, 1.82) is 0 Å². The third kappa shape index (κ3) is 4.33. The second-order valence-electron chi connectivity index (χ2n) is 5.42. The van der Waals surface area contributed by atoms with Gasteiger partial charge in [-0.3, -0.25) is 13.4 Å². The highest BCUT2D eigenvalue weighted by atomic mass is 31.3. The molecule has 17 heteroatoms. The Labute approximate surface area is 150 Å². The first-order valence-corrected chi connectivity index (χ1v) is 10.1. The topological polar surface area (TPSA) is 238 Å². The fourth-order valence-electron chi connectivity index (χ4n) is 2.47. The first-order valence-electron chi connectivity index (χ1n) is 7.14. The summed E-state index contributed by atoms with van der Waals surface area (Å²) >= 11 is 0. The molecule has 5 atom stereocenters. The van der Waals surface area contributed by atoms with E-state index in [1.54, 1.807) is 0 Å². The lowest BCUT2D eigenvalue weighted by molar-refractivity contribution is -0.334. The number of rotatable bonds is 6. The fraction of sp³-hybridized carbons (Fsp3) is 0.500. The van der Waals surface area contributed by atoms with E-state index < -0.39 is 46.8 Å². The number of fused-ring (bicyclic) bond motifs is 1. The number of aromatic nitrogens is 4. The number of imidazole rings is 1. The van der Waals surface area contributed by atoms with Crippen LogP contribution in [-0.2, 0) is 22.7 Å². The van der Waals surface area contributed by atoms with E-state index in [-0.39, 0.29) is 17.0 Å². The summed E-state index contributed by atoms with van der Waals surface area (Å²) in [5, 5.41) is 20.2. The minimum atomic E-state index is -5.79. The van der Waals surface area contributed by atoms with Gasteiger partial charge in [-0.25, -0.2) is 19.5 Å². The van der Waals surface area contributed by atoms with Crippen LogP contribution in [0, 0.1) is 0 Å². The van der Waals surface area contributed by atoms with Crippen LogP contribution >= 0.6 is 15.6 Å². The summed E-state index contributed by atoms with van der Waals surface area (Å²) in [6.45, 7) is -0.869. The van der Waals surface area contributed by atoms with Crippen molar-refractivity contribution in [2.75, 3.05) is 12.3 Å². The van der Waals surface area contributed by atoms with E-state index >= 15 is 0 Å². The molecule has 0 bridgehead atoms. The zero-order valence-electron chi connectivity index (χ0n) is 13.1. The van der Waals surface area contributed by atoms with Gasteiger partial charge in [-0.05, 0) is 0 Å². The number of nitrogen functional groups attached to an aromatic ring is 1. The first kappa shape index (κ1) is 20.2. The molecule has 27 heavy (non-hydrogen) atoms. The van der Waals surface area contributed by atoms with Gasteiger partial charge >= 0.3 is 7.82 Å². The van der Waals surface area contributed by atoms with Gasteiger partial charge in [-0.1, -0.05) is 0 Å². The van der Waals surface area contributed by atoms with Gasteiger partial charge in [-0.15, -0.1) is 0 Å². The predicted octanol–water partition coefficient (Wildman–Crippen LogP) is -3.01. The molecule has 1 aliphatic heterocycles. The van der Waals surface area contributed by atoms with Gasteiger partial charge in [-0.2, -0.15) is 0 Å². The number of nitrogens with two attached hydrogens (primary N) is 1. The van der Waals surface area contributed by atoms with E-state index in [2.05, 4.69) is 23.8 Å². The van der Waals surface area contributed by atoms with Crippen molar-refractivity contribution in [3.8, 4) is 0 Å². The fourth-order valence-corrected chi connectivity index (χ4v) is 4.01. The molecule has 2 aromatic rings. The monoisotopic (exact) mass is 425 g/mol. The molecule has 1 aliphatic rings. The number of hydrogen-bond donors (Lipinski definition) is 4. The molecule has 0 amide bonds. The van der Waals surface area contributed by atoms with Crippen LogP contribution in [0.25, 0.3) is 11.2 Å². The molecule has 5 unspecified atom stereocenters. The lowest BCUT2D eigenvalue weighted by Crippen LogP contribution is -2.33. The number of aliphatic hydroxyl groups is 2. The molecule has 0 spiro atoms. The molecule has 3 rings (SSSR count). The third-order valence-corrected chi connectivity index (χ3v) is 5.70. The maximum atomic E-state index is 11.4. The molecule has 0 radical (unpaired) electrons. The van der Waals surface area contributed by atoms with Crippen LogP contribution in [0.5, 0.6) is 0 Å². The number of aliphatic hydroxyl groups excluding tert-OH is 2. The van der Waals surface area contributed by atoms with Gasteiger partial charge in [0.1, 0.15) is 30.2 Å². The molecule has 15 nitrogen and oxygen atoms in total. The lowest BCUT2D eigenvalue weighted by Gasteiger charge is -2.30. The molecule has 0 saturated carbocycles. The van der Waals surface area contributed by atoms with Gasteiger partial charge in [0.05, 0.1) is 20.8 Å². The number of phosphoric ester groups is 1. The summed E-state index contributed by atoms with van der Waals surface area (Å²) < 4.78 is 36.2. The van der Waals surface area contributed by atoms with Gasteiger partial charge in [0.2, 0.25) is 0 Å². The number of anilines is 1. The van der Waals surface area contributed by atoms with E-state index in [1.807, 2.05) is 0 Å². The molecule has 2 aromatic heterocycles. The standard InChI is InChI=1S/C10H15N5O10P2/c11-8-5-9(13-2-12-8)15(3-14-5)10-7(17)6(16)4(24-10)1-23-27(21,22)25-26(18,19)20/h2-4,6-7,10,16-17H,1H2,(H,21,22)(H2,11,12,13)(H2,18,19,20)/p-2. The van der Waals surface area contributed by atoms with Crippen LogP contribution in [0.1, 0.15) is 6.23 Å². The van der Waals surface area contributed by atoms with Gasteiger partial charge in [0.15, 0.2) is 17.7 Å². The van der Waals surface area contributed by atoms with E-state index in [0.717, 1.165) is 6.33 Å². The maximum absolute atomic E-state index is 11.4. The molecule has 5 N–H and O–H groups in total. The summed E-state index contributed by atoms with van der Waals surface area (Å²) in [4.78, 5) is 41.7. The average Bonchev–Trinajstić information content (AvgIpc) is 3.07. The first-order chi connectivity index (χ1) is 12.5. The highest BCUT2D eigenvalue weighted by Gasteiger charge is 2.45. The van der Waals surface area contributed by atoms with Crippen LogP contribution < -0.4 is 15.5 Å². The summed E-state index contributed by atoms with van der Waals surface area (Å²) in [7, 11) is -11.0. The number of ether oxygens (including phenoxy) is 1. The van der Waals surface area contributed by atoms with Gasteiger partial charge < -0.3 is 39.9 Å². The Hall–Kier alpha value is -1.51. The Morgan fingerprint density at radius 2 is 1.96 bits per heavy atom. The Kier molecular flexibility index (Phi) is 5.35. The minimum absolute atomic E-state index is 0.0738. The molecular formula is C10H13N5O10P2-2. The number of phosphoric acid groups is 2. The van der Waals surface area contributed by atoms with Crippen molar-refractivity contribution in [2.24, 2.45) is 0 Å². The molecule has 1 saturated heterocycles. The molecular weight excluding hydrogens is 412 g/mol. The summed E-state index contributed by atoms with van der Waals surface area (Å²) in [6.07, 6.45) is -3.35. The summed E-state index contributed by atoms with van der Waals surface area (Å²) in [5.74, 6) is 0.0738. The van der Waals surface area contributed by atoms with Crippen molar-refractivity contribution in [3.63, 3.8) is 0 Å². The zero-order valence-corrected chi connectivity index (χ0v) is 14.9. The Morgan fingerprint density at radius 1 is 1.26 bits per heavy atom. The summed E-state index contributed by atoms with van der Waals surface area (Å²) in [5.41, 5.74) is 6.07. The maximum Gasteiger partial charge on any atom is 0.476 e. The second-order valence-corrected chi connectivity index (χ2v) is 8.17. The highest BCUT2D eigenvalue weighted by Crippen LogP contribution is 2.54. The SMILES string of the molecule is Nc1ncnc2c1ncn2C1OC(COP(=O)(O)OP(=O)([O-])[O-])C(O)C1O. The minimum Gasteiger partial charge on any atom is -0.789 e. The molecule has 0 aliphatic carbocycles. The molecule has 3 heterocycles. The Morgan fingerprint density at radius 3 is 2.63 bits per heavy atom. The number of nitrogens with zero attached hydrogens (tertiary/aromatic N) is 4. The van der Waals surface area contributed by atoms with E-state index in [0.29, 0.717) is 0 Å². The second kappa shape index (κ2) is 7.14. The van der Waals surface area contributed by atoms with Crippen LogP contribution in [0.4, 0.5) is 5.82 Å². The molecule has 150 valence electrons.